The highest BCUT2D eigenvalue weighted by molar-refractivity contribution is 7.88. The maximum absolute atomic E-state index is 11.2. The molecule has 102 valence electrons. The van der Waals surface area contributed by atoms with Crippen LogP contribution in [0.1, 0.15) is 0 Å². The van der Waals surface area contributed by atoms with Crippen LogP contribution in [-0.2, 0) is 14.8 Å². The molecule has 1 aliphatic rings. The quantitative estimate of drug-likeness (QED) is 0.645. The third-order valence-corrected chi connectivity index (χ3v) is 3.99. The summed E-state index contributed by atoms with van der Waals surface area (Å²) < 4.78 is 23.8. The van der Waals surface area contributed by atoms with Crippen LogP contribution < -0.4 is 5.73 Å². The number of nitrogens with two attached hydrogens (primary N) is 1. The topological polar surface area (TPSA) is 104 Å². The summed E-state index contributed by atoms with van der Waals surface area (Å²) in [6, 6.07) is -0.721. The standard InChI is InChI=1S/C8H17N3O4S.ClH/c1-16(14,15)11-4-2-10(3-5-11)7(6-9)8(12)13;/h7H,2-6,9H2,1H3,(H,12,13);1H/t7-;/m1./s1. The van der Waals surface area contributed by atoms with Gasteiger partial charge in [-0.15, -0.1) is 12.4 Å². The molecule has 1 aliphatic heterocycles. The van der Waals surface area contributed by atoms with Gasteiger partial charge in [-0.1, -0.05) is 0 Å². The van der Waals surface area contributed by atoms with Crippen molar-refractivity contribution in [1.82, 2.24) is 9.21 Å². The lowest BCUT2D eigenvalue weighted by atomic mass is 10.2. The number of nitrogens with zero attached hydrogens (tertiary/aromatic N) is 2. The van der Waals surface area contributed by atoms with E-state index >= 15 is 0 Å². The predicted octanol–water partition coefficient (Wildman–Crippen LogP) is -1.60. The first-order valence-corrected chi connectivity index (χ1v) is 6.83. The molecule has 1 fully saturated rings. The maximum Gasteiger partial charge on any atom is 0.322 e. The Balaban J connectivity index is 0.00000256. The van der Waals surface area contributed by atoms with E-state index in [1.165, 1.54) is 4.31 Å². The fourth-order valence-corrected chi connectivity index (χ4v) is 2.58. The Morgan fingerprint density at radius 3 is 2.12 bits per heavy atom. The second kappa shape index (κ2) is 6.50. The number of carboxylic acids is 1. The van der Waals surface area contributed by atoms with E-state index in [1.54, 1.807) is 4.90 Å². The minimum atomic E-state index is -3.17. The third-order valence-electron chi connectivity index (χ3n) is 2.69. The molecule has 3 N–H and O–H groups in total. The number of piperazine rings is 1. The van der Waals surface area contributed by atoms with Gasteiger partial charge >= 0.3 is 5.97 Å². The van der Waals surface area contributed by atoms with Gasteiger partial charge in [-0.05, 0) is 0 Å². The molecule has 1 rings (SSSR count). The number of carboxylic acid groups (broad SMARTS) is 1. The van der Waals surface area contributed by atoms with Gasteiger partial charge in [0.2, 0.25) is 10.0 Å². The summed E-state index contributed by atoms with van der Waals surface area (Å²) in [5, 5.41) is 8.90. The zero-order chi connectivity index (χ0) is 12.3. The Kier molecular flexibility index (Phi) is 6.35. The molecule has 0 aliphatic carbocycles. The molecule has 0 radical (unpaired) electrons. The molecule has 0 aromatic carbocycles. The number of aliphatic carboxylic acids is 1. The van der Waals surface area contributed by atoms with Crippen molar-refractivity contribution in [3.63, 3.8) is 0 Å². The Morgan fingerprint density at radius 2 is 1.82 bits per heavy atom. The summed E-state index contributed by atoms with van der Waals surface area (Å²) in [5.41, 5.74) is 5.37. The van der Waals surface area contributed by atoms with Crippen molar-refractivity contribution in [2.24, 2.45) is 5.73 Å². The van der Waals surface area contributed by atoms with Crippen LogP contribution in [0.25, 0.3) is 0 Å². The van der Waals surface area contributed by atoms with Crippen LogP contribution in [0.3, 0.4) is 0 Å². The normalized spacial score (nSPS) is 20.6. The summed E-state index contributed by atoms with van der Waals surface area (Å²) >= 11 is 0. The van der Waals surface area contributed by atoms with Gasteiger partial charge in [0.25, 0.3) is 0 Å². The van der Waals surface area contributed by atoms with Crippen LogP contribution in [0.15, 0.2) is 0 Å². The molecule has 0 aromatic heterocycles. The van der Waals surface area contributed by atoms with Gasteiger partial charge in [-0.3, -0.25) is 9.69 Å². The van der Waals surface area contributed by atoms with Gasteiger partial charge in [0.15, 0.2) is 0 Å². The highest BCUT2D eigenvalue weighted by Crippen LogP contribution is 2.08. The molecular weight excluding hydrogens is 270 g/mol. The first kappa shape index (κ1) is 16.6. The zero-order valence-corrected chi connectivity index (χ0v) is 11.2. The first-order chi connectivity index (χ1) is 7.36. The predicted molar refractivity (Wildman–Crippen MR) is 65.7 cm³/mol. The lowest BCUT2D eigenvalue weighted by molar-refractivity contribution is -0.143. The van der Waals surface area contributed by atoms with Gasteiger partial charge in [0.1, 0.15) is 6.04 Å². The zero-order valence-electron chi connectivity index (χ0n) is 9.57. The molecule has 1 saturated heterocycles. The molecule has 0 spiro atoms. The fraction of sp³-hybridized carbons (Fsp3) is 0.875. The summed E-state index contributed by atoms with van der Waals surface area (Å²) in [6.07, 6.45) is 1.15. The Bertz CT molecular complexity index is 354. The average Bonchev–Trinajstić information content (AvgIpc) is 2.17. The smallest absolute Gasteiger partial charge is 0.322 e. The van der Waals surface area contributed by atoms with E-state index < -0.39 is 22.0 Å². The largest absolute Gasteiger partial charge is 0.480 e. The van der Waals surface area contributed by atoms with E-state index in [1.807, 2.05) is 0 Å². The van der Waals surface area contributed by atoms with E-state index in [0.717, 1.165) is 6.26 Å². The number of rotatable bonds is 4. The van der Waals surface area contributed by atoms with Crippen LogP contribution >= 0.6 is 12.4 Å². The first-order valence-electron chi connectivity index (χ1n) is 4.98. The molecule has 1 atom stereocenters. The van der Waals surface area contributed by atoms with Crippen molar-refractivity contribution in [3.05, 3.63) is 0 Å². The Morgan fingerprint density at radius 1 is 1.35 bits per heavy atom. The second-order valence-corrected chi connectivity index (χ2v) is 5.77. The van der Waals surface area contributed by atoms with E-state index in [4.69, 9.17) is 10.8 Å². The molecule has 0 aromatic rings. The maximum atomic E-state index is 11.2. The van der Waals surface area contributed by atoms with Crippen molar-refractivity contribution in [1.29, 1.82) is 0 Å². The number of hydrogen-bond donors (Lipinski definition) is 2. The molecule has 9 heteroatoms. The monoisotopic (exact) mass is 287 g/mol. The lowest BCUT2D eigenvalue weighted by Crippen LogP contribution is -2.55. The van der Waals surface area contributed by atoms with Crippen LogP contribution in [0.4, 0.5) is 0 Å². The van der Waals surface area contributed by atoms with Gasteiger partial charge in [0.05, 0.1) is 6.26 Å². The van der Waals surface area contributed by atoms with Crippen LogP contribution in [-0.4, -0.2) is 73.7 Å². The summed E-state index contributed by atoms with van der Waals surface area (Å²) in [7, 11) is -3.17. The highest BCUT2D eigenvalue weighted by Gasteiger charge is 2.30. The van der Waals surface area contributed by atoms with E-state index in [2.05, 4.69) is 0 Å². The fourth-order valence-electron chi connectivity index (χ4n) is 1.75. The van der Waals surface area contributed by atoms with Gasteiger partial charge < -0.3 is 10.8 Å². The molecule has 0 unspecified atom stereocenters. The Labute approximate surface area is 107 Å². The molecule has 17 heavy (non-hydrogen) atoms. The number of sulfonamides is 1. The summed E-state index contributed by atoms with van der Waals surface area (Å²) in [6.45, 7) is 1.49. The summed E-state index contributed by atoms with van der Waals surface area (Å²) in [4.78, 5) is 12.6. The molecule has 0 amide bonds. The van der Waals surface area contributed by atoms with Crippen LogP contribution in [0.5, 0.6) is 0 Å². The minimum Gasteiger partial charge on any atom is -0.480 e. The Hall–Kier alpha value is -0.410. The van der Waals surface area contributed by atoms with Crippen LogP contribution in [0.2, 0.25) is 0 Å². The van der Waals surface area contributed by atoms with Crippen molar-refractivity contribution in [2.45, 2.75) is 6.04 Å². The number of halogens is 1. The van der Waals surface area contributed by atoms with Crippen molar-refractivity contribution >= 4 is 28.4 Å². The van der Waals surface area contributed by atoms with Crippen molar-refractivity contribution in [2.75, 3.05) is 39.0 Å². The summed E-state index contributed by atoms with van der Waals surface area (Å²) in [5.74, 6) is -0.963. The van der Waals surface area contributed by atoms with E-state index in [0.29, 0.717) is 26.2 Å². The van der Waals surface area contributed by atoms with Crippen LogP contribution in [0, 0.1) is 0 Å². The van der Waals surface area contributed by atoms with E-state index in [-0.39, 0.29) is 19.0 Å². The van der Waals surface area contributed by atoms with Crippen molar-refractivity contribution in [3.8, 4) is 0 Å². The number of carbonyl (C=O) groups is 1. The molecule has 7 nitrogen and oxygen atoms in total. The van der Waals surface area contributed by atoms with Crippen molar-refractivity contribution < 1.29 is 18.3 Å². The number of hydrogen-bond acceptors (Lipinski definition) is 5. The third kappa shape index (κ3) is 4.40. The minimum absolute atomic E-state index is 0. The average molecular weight is 288 g/mol. The molecule has 0 saturated carbocycles. The van der Waals surface area contributed by atoms with Gasteiger partial charge in [-0.2, -0.15) is 4.31 Å². The van der Waals surface area contributed by atoms with Gasteiger partial charge in [0, 0.05) is 32.7 Å². The van der Waals surface area contributed by atoms with E-state index in [9.17, 15) is 13.2 Å². The SMILES string of the molecule is CS(=O)(=O)N1CCN([C@H](CN)C(=O)O)CC1.Cl. The highest BCUT2D eigenvalue weighted by atomic mass is 35.5. The molecule has 1 heterocycles. The molecule has 0 bridgehead atoms. The van der Waals surface area contributed by atoms with Gasteiger partial charge in [-0.25, -0.2) is 8.42 Å². The molecular formula is C8H18ClN3O4S. The second-order valence-electron chi connectivity index (χ2n) is 3.79. The lowest BCUT2D eigenvalue weighted by Gasteiger charge is -2.36.